The van der Waals surface area contributed by atoms with Crippen molar-refractivity contribution in [3.63, 3.8) is 0 Å². The van der Waals surface area contributed by atoms with Gasteiger partial charge >= 0.3 is 11.8 Å². The molecule has 1 aromatic heterocycles. The lowest BCUT2D eigenvalue weighted by molar-refractivity contribution is -0.156. The topological polar surface area (TPSA) is 79.5 Å². The molecule has 2 heterocycles. The maximum Gasteiger partial charge on any atom is 0.312 e. The van der Waals surface area contributed by atoms with Gasteiger partial charge in [0.15, 0.2) is 0 Å². The molecular weight excluding hydrogens is 280 g/mol. The number of nitrogen functional groups attached to an aromatic ring is 1. The van der Waals surface area contributed by atoms with Gasteiger partial charge in [-0.05, 0) is 18.6 Å². The summed E-state index contributed by atoms with van der Waals surface area (Å²) in [6.07, 6.45) is 0.835. The Bertz CT molecular complexity index is 535. The molecule has 0 saturated carbocycles. The molecule has 0 radical (unpaired) electrons. The highest BCUT2D eigenvalue weighted by Gasteiger charge is 2.32. The number of hydrogen-bond acceptors (Lipinski definition) is 4. The minimum Gasteiger partial charge on any atom is -0.384 e. The number of carbonyl (C=O) groups is 2. The average molecular weight is 297 g/mol. The van der Waals surface area contributed by atoms with E-state index < -0.39 is 11.8 Å². The quantitative estimate of drug-likeness (QED) is 0.837. The maximum absolute atomic E-state index is 12.0. The van der Waals surface area contributed by atoms with Crippen LogP contribution in [0.25, 0.3) is 0 Å². The van der Waals surface area contributed by atoms with Crippen molar-refractivity contribution < 1.29 is 9.59 Å². The number of anilines is 1. The molecule has 1 aliphatic heterocycles. The minimum absolute atomic E-state index is 0.203. The highest BCUT2D eigenvalue weighted by molar-refractivity contribution is 6.35. The average Bonchev–Trinajstić information content (AvgIpc) is 2.42. The molecule has 0 aliphatic carbocycles. The molecule has 1 aliphatic rings. The van der Waals surface area contributed by atoms with Gasteiger partial charge in [0, 0.05) is 19.6 Å². The summed E-state index contributed by atoms with van der Waals surface area (Å²) in [5.74, 6) is -0.629. The predicted octanol–water partition coefficient (Wildman–Crippen LogP) is 0.898. The van der Waals surface area contributed by atoms with E-state index in [4.69, 9.17) is 17.3 Å². The monoisotopic (exact) mass is 296 g/mol. The van der Waals surface area contributed by atoms with Crippen LogP contribution in [0.1, 0.15) is 19.0 Å². The van der Waals surface area contributed by atoms with Crippen molar-refractivity contribution in [3.8, 4) is 0 Å². The molecule has 1 fully saturated rings. The van der Waals surface area contributed by atoms with Crippen LogP contribution in [0.2, 0.25) is 5.02 Å². The molecule has 0 unspecified atom stereocenters. The largest absolute Gasteiger partial charge is 0.384 e. The van der Waals surface area contributed by atoms with Crippen LogP contribution in [0.4, 0.5) is 5.82 Å². The lowest BCUT2D eigenvalue weighted by Crippen LogP contribution is -2.54. The summed E-state index contributed by atoms with van der Waals surface area (Å²) < 4.78 is 0. The number of aromatic nitrogens is 1. The van der Waals surface area contributed by atoms with Crippen LogP contribution in [-0.2, 0) is 16.1 Å². The third-order valence-electron chi connectivity index (χ3n) is 3.17. The fourth-order valence-electron chi connectivity index (χ4n) is 2.14. The number of piperazine rings is 1. The van der Waals surface area contributed by atoms with Crippen molar-refractivity contribution in [2.24, 2.45) is 0 Å². The first-order valence-corrected chi connectivity index (χ1v) is 6.89. The third kappa shape index (κ3) is 3.01. The molecule has 2 N–H and O–H groups in total. The molecule has 2 rings (SSSR count). The minimum atomic E-state index is -0.509. The Morgan fingerprint density at radius 3 is 2.60 bits per heavy atom. The standard InChI is InChI=1S/C13H17ClN4O2/c1-2-5-17-6-7-18(13(20)12(17)19)8-10-9(14)3-4-11(15)16-10/h3-4H,2,5-8H2,1H3,(H2,15,16). The van der Waals surface area contributed by atoms with Gasteiger partial charge in [-0.1, -0.05) is 18.5 Å². The summed E-state index contributed by atoms with van der Waals surface area (Å²) >= 11 is 6.03. The van der Waals surface area contributed by atoms with Crippen molar-refractivity contribution in [1.82, 2.24) is 14.8 Å². The molecular formula is C13H17ClN4O2. The number of halogens is 1. The maximum atomic E-state index is 12.0. The number of pyridine rings is 1. The highest BCUT2D eigenvalue weighted by Crippen LogP contribution is 2.18. The highest BCUT2D eigenvalue weighted by atomic mass is 35.5. The summed E-state index contributed by atoms with van der Waals surface area (Å²) in [6, 6.07) is 3.23. The first-order valence-electron chi connectivity index (χ1n) is 6.52. The summed E-state index contributed by atoms with van der Waals surface area (Å²) in [7, 11) is 0. The van der Waals surface area contributed by atoms with Crippen LogP contribution in [0.3, 0.4) is 0 Å². The first kappa shape index (κ1) is 14.6. The van der Waals surface area contributed by atoms with Crippen LogP contribution in [-0.4, -0.2) is 46.2 Å². The number of nitrogens with zero attached hydrogens (tertiary/aromatic N) is 3. The van der Waals surface area contributed by atoms with E-state index in [9.17, 15) is 9.59 Å². The van der Waals surface area contributed by atoms with Gasteiger partial charge in [0.05, 0.1) is 17.3 Å². The molecule has 6 nitrogen and oxygen atoms in total. The molecule has 0 bridgehead atoms. The Morgan fingerprint density at radius 2 is 1.90 bits per heavy atom. The zero-order chi connectivity index (χ0) is 14.7. The van der Waals surface area contributed by atoms with Crippen LogP contribution in [0.15, 0.2) is 12.1 Å². The third-order valence-corrected chi connectivity index (χ3v) is 3.52. The van der Waals surface area contributed by atoms with Crippen LogP contribution >= 0.6 is 11.6 Å². The zero-order valence-corrected chi connectivity index (χ0v) is 12.1. The molecule has 20 heavy (non-hydrogen) atoms. The summed E-state index contributed by atoms with van der Waals surface area (Å²) in [5, 5.41) is 0.440. The van der Waals surface area contributed by atoms with Gasteiger partial charge in [0.2, 0.25) is 0 Å². The van der Waals surface area contributed by atoms with E-state index in [1.165, 1.54) is 4.90 Å². The Kier molecular flexibility index (Phi) is 4.44. The van der Waals surface area contributed by atoms with Crippen LogP contribution in [0.5, 0.6) is 0 Å². The second-order valence-electron chi connectivity index (χ2n) is 4.68. The molecule has 1 saturated heterocycles. The van der Waals surface area contributed by atoms with Gasteiger partial charge in [0.25, 0.3) is 0 Å². The fourth-order valence-corrected chi connectivity index (χ4v) is 2.31. The van der Waals surface area contributed by atoms with E-state index >= 15 is 0 Å². The van der Waals surface area contributed by atoms with Gasteiger partial charge in [0.1, 0.15) is 5.82 Å². The van der Waals surface area contributed by atoms with E-state index in [0.29, 0.717) is 36.2 Å². The van der Waals surface area contributed by atoms with Crippen molar-refractivity contribution in [2.45, 2.75) is 19.9 Å². The normalized spacial score (nSPS) is 15.9. The Labute approximate surface area is 122 Å². The molecule has 1 aromatic rings. The predicted molar refractivity (Wildman–Crippen MR) is 75.9 cm³/mol. The summed E-state index contributed by atoms with van der Waals surface area (Å²) in [6.45, 7) is 3.81. The summed E-state index contributed by atoms with van der Waals surface area (Å²) in [4.78, 5) is 31.1. The lowest BCUT2D eigenvalue weighted by atomic mass is 10.2. The molecule has 0 aromatic carbocycles. The van der Waals surface area contributed by atoms with Gasteiger partial charge < -0.3 is 15.5 Å². The second-order valence-corrected chi connectivity index (χ2v) is 5.09. The van der Waals surface area contributed by atoms with E-state index in [1.54, 1.807) is 17.0 Å². The molecule has 0 atom stereocenters. The Morgan fingerprint density at radius 1 is 1.25 bits per heavy atom. The molecule has 108 valence electrons. The Hall–Kier alpha value is -1.82. The molecule has 0 spiro atoms. The van der Waals surface area contributed by atoms with Crippen LogP contribution in [0, 0.1) is 0 Å². The number of rotatable bonds is 4. The summed E-state index contributed by atoms with van der Waals surface area (Å²) in [5.41, 5.74) is 6.12. The number of amides is 2. The first-order chi connectivity index (χ1) is 9.52. The van der Waals surface area contributed by atoms with Gasteiger partial charge in [-0.25, -0.2) is 4.98 Å². The van der Waals surface area contributed by atoms with Gasteiger partial charge in [-0.2, -0.15) is 0 Å². The van der Waals surface area contributed by atoms with Crippen molar-refractivity contribution in [3.05, 3.63) is 22.8 Å². The molecule has 2 amide bonds. The smallest absolute Gasteiger partial charge is 0.312 e. The second kappa shape index (κ2) is 6.09. The SMILES string of the molecule is CCCN1CCN(Cc2nc(N)ccc2Cl)C(=O)C1=O. The fraction of sp³-hybridized carbons (Fsp3) is 0.462. The lowest BCUT2D eigenvalue weighted by Gasteiger charge is -2.33. The van der Waals surface area contributed by atoms with Gasteiger partial charge in [-0.15, -0.1) is 0 Å². The molecule has 7 heteroatoms. The van der Waals surface area contributed by atoms with E-state index in [2.05, 4.69) is 4.98 Å². The van der Waals surface area contributed by atoms with Crippen LogP contribution < -0.4 is 5.73 Å². The van der Waals surface area contributed by atoms with E-state index in [-0.39, 0.29) is 6.54 Å². The van der Waals surface area contributed by atoms with E-state index in [0.717, 1.165) is 6.42 Å². The number of hydrogen-bond donors (Lipinski definition) is 1. The number of carbonyl (C=O) groups excluding carboxylic acids is 2. The number of nitrogens with two attached hydrogens (primary N) is 1. The van der Waals surface area contributed by atoms with Crippen molar-refractivity contribution >= 4 is 29.2 Å². The zero-order valence-electron chi connectivity index (χ0n) is 11.3. The van der Waals surface area contributed by atoms with Crippen molar-refractivity contribution in [1.29, 1.82) is 0 Å². The van der Waals surface area contributed by atoms with E-state index in [1.807, 2.05) is 6.92 Å². The van der Waals surface area contributed by atoms with Gasteiger partial charge in [-0.3, -0.25) is 9.59 Å². The Balaban J connectivity index is 2.09. The van der Waals surface area contributed by atoms with Crippen molar-refractivity contribution in [2.75, 3.05) is 25.4 Å².